The molecule has 1 aliphatic heterocycles. The lowest BCUT2D eigenvalue weighted by atomic mass is 10.2. The molecule has 2 aromatic rings. The maximum Gasteiger partial charge on any atom is 0.309 e. The second-order valence-corrected chi connectivity index (χ2v) is 5.98. The second kappa shape index (κ2) is 8.93. The van der Waals surface area contributed by atoms with Crippen molar-refractivity contribution in [2.45, 2.75) is 13.3 Å². The van der Waals surface area contributed by atoms with Crippen LogP contribution in [-0.4, -0.2) is 38.3 Å². The van der Waals surface area contributed by atoms with Gasteiger partial charge in [-0.15, -0.1) is 0 Å². The molecule has 0 spiro atoms. The number of carbonyl (C=O) groups is 2. The van der Waals surface area contributed by atoms with Gasteiger partial charge in [0.25, 0.3) is 5.91 Å². The van der Waals surface area contributed by atoms with Crippen molar-refractivity contribution in [2.75, 3.05) is 31.7 Å². The zero-order chi connectivity index (χ0) is 19.1. The highest BCUT2D eigenvalue weighted by molar-refractivity contribution is 5.93. The molecule has 0 unspecified atom stereocenters. The van der Waals surface area contributed by atoms with E-state index in [1.54, 1.807) is 18.2 Å². The molecule has 142 valence electrons. The third kappa shape index (κ3) is 5.64. The average Bonchev–Trinajstić information content (AvgIpc) is 2.66. The number of ether oxygens (including phenoxy) is 4. The summed E-state index contributed by atoms with van der Waals surface area (Å²) in [5, 5.41) is 2.65. The van der Waals surface area contributed by atoms with Gasteiger partial charge in [0.1, 0.15) is 19.0 Å². The lowest BCUT2D eigenvalue weighted by Crippen LogP contribution is -2.22. The fraction of sp³-hybridized carbons (Fsp3) is 0.300. The molecule has 0 fully saturated rings. The highest BCUT2D eigenvalue weighted by Gasteiger charge is 2.13. The highest BCUT2D eigenvalue weighted by Crippen LogP contribution is 2.32. The van der Waals surface area contributed by atoms with Crippen LogP contribution in [0.5, 0.6) is 17.2 Å². The first-order chi connectivity index (χ1) is 13.1. The summed E-state index contributed by atoms with van der Waals surface area (Å²) in [6.07, 6.45) is 0.0608. The van der Waals surface area contributed by atoms with E-state index < -0.39 is 11.9 Å². The summed E-state index contributed by atoms with van der Waals surface area (Å²) in [6, 6.07) is 12.6. The van der Waals surface area contributed by atoms with Crippen molar-refractivity contribution in [1.82, 2.24) is 0 Å². The zero-order valence-corrected chi connectivity index (χ0v) is 15.0. The van der Waals surface area contributed by atoms with Gasteiger partial charge in [0.15, 0.2) is 18.1 Å². The summed E-state index contributed by atoms with van der Waals surface area (Å²) in [6.45, 7) is 2.75. The third-order valence-corrected chi connectivity index (χ3v) is 3.75. The van der Waals surface area contributed by atoms with E-state index in [9.17, 15) is 9.59 Å². The molecule has 0 radical (unpaired) electrons. The Bertz CT molecular complexity index is 820. The standard InChI is InChI=1S/C20H21NO6/c1-14-3-2-4-16(11-14)24-8-7-20(23)27-13-19(22)21-15-5-6-17-18(12-15)26-10-9-25-17/h2-6,11-12H,7-10,13H2,1H3,(H,21,22). The topological polar surface area (TPSA) is 83.1 Å². The number of hydrogen-bond acceptors (Lipinski definition) is 6. The number of nitrogens with one attached hydrogen (secondary N) is 1. The van der Waals surface area contributed by atoms with E-state index in [0.29, 0.717) is 36.1 Å². The fourth-order valence-electron chi connectivity index (χ4n) is 2.49. The van der Waals surface area contributed by atoms with Gasteiger partial charge in [-0.05, 0) is 36.8 Å². The van der Waals surface area contributed by atoms with Crippen LogP contribution in [0.4, 0.5) is 5.69 Å². The summed E-state index contributed by atoms with van der Waals surface area (Å²) < 4.78 is 21.3. The van der Waals surface area contributed by atoms with Crippen molar-refractivity contribution >= 4 is 17.6 Å². The van der Waals surface area contributed by atoms with Gasteiger partial charge in [0.2, 0.25) is 0 Å². The molecule has 1 heterocycles. The largest absolute Gasteiger partial charge is 0.493 e. The Morgan fingerprint density at radius 1 is 1.07 bits per heavy atom. The summed E-state index contributed by atoms with van der Waals surface area (Å²) in [5.74, 6) is 0.974. The van der Waals surface area contributed by atoms with Gasteiger partial charge >= 0.3 is 5.97 Å². The first kappa shape index (κ1) is 18.6. The van der Waals surface area contributed by atoms with Crippen LogP contribution in [0, 0.1) is 6.92 Å². The minimum atomic E-state index is -0.500. The van der Waals surface area contributed by atoms with Crippen LogP contribution in [0.2, 0.25) is 0 Å². The number of esters is 1. The minimum absolute atomic E-state index is 0.0608. The van der Waals surface area contributed by atoms with Crippen LogP contribution < -0.4 is 19.5 Å². The molecule has 0 saturated carbocycles. The SMILES string of the molecule is Cc1cccc(OCCC(=O)OCC(=O)Nc2ccc3c(c2)OCCO3)c1. The Labute approximate surface area is 157 Å². The molecule has 3 rings (SSSR count). The Morgan fingerprint density at radius 2 is 1.89 bits per heavy atom. The van der Waals surface area contributed by atoms with Gasteiger partial charge < -0.3 is 24.3 Å². The predicted molar refractivity (Wildman–Crippen MR) is 98.3 cm³/mol. The molecular formula is C20H21NO6. The number of benzene rings is 2. The van der Waals surface area contributed by atoms with Gasteiger partial charge in [0.05, 0.1) is 13.0 Å². The van der Waals surface area contributed by atoms with E-state index in [1.807, 2.05) is 31.2 Å². The van der Waals surface area contributed by atoms with E-state index in [-0.39, 0.29) is 19.6 Å². The minimum Gasteiger partial charge on any atom is -0.493 e. The van der Waals surface area contributed by atoms with Crippen LogP contribution in [-0.2, 0) is 14.3 Å². The first-order valence-electron chi connectivity index (χ1n) is 8.65. The molecule has 0 bridgehead atoms. The van der Waals surface area contributed by atoms with E-state index in [0.717, 1.165) is 5.56 Å². The summed E-state index contributed by atoms with van der Waals surface area (Å²) in [4.78, 5) is 23.7. The molecule has 0 saturated heterocycles. The quantitative estimate of drug-likeness (QED) is 0.754. The number of rotatable bonds is 7. The third-order valence-electron chi connectivity index (χ3n) is 3.75. The monoisotopic (exact) mass is 371 g/mol. The van der Waals surface area contributed by atoms with Crippen LogP contribution in [0.1, 0.15) is 12.0 Å². The molecule has 2 aromatic carbocycles. The molecule has 7 heteroatoms. The van der Waals surface area contributed by atoms with Crippen molar-refractivity contribution in [1.29, 1.82) is 0 Å². The number of carbonyl (C=O) groups excluding carboxylic acids is 2. The maximum absolute atomic E-state index is 11.9. The Morgan fingerprint density at radius 3 is 2.70 bits per heavy atom. The van der Waals surface area contributed by atoms with Crippen molar-refractivity contribution in [3.8, 4) is 17.2 Å². The van der Waals surface area contributed by atoms with Crippen LogP contribution in [0.3, 0.4) is 0 Å². The Balaban J connectivity index is 1.38. The second-order valence-electron chi connectivity index (χ2n) is 5.98. The number of aryl methyl sites for hydroxylation is 1. The lowest BCUT2D eigenvalue weighted by Gasteiger charge is -2.19. The van der Waals surface area contributed by atoms with E-state index in [4.69, 9.17) is 18.9 Å². The normalized spacial score (nSPS) is 12.2. The molecule has 1 aliphatic rings. The highest BCUT2D eigenvalue weighted by atomic mass is 16.6. The lowest BCUT2D eigenvalue weighted by molar-refractivity contribution is -0.147. The Kier molecular flexibility index (Phi) is 6.14. The average molecular weight is 371 g/mol. The van der Waals surface area contributed by atoms with E-state index in [2.05, 4.69) is 5.32 Å². The fourth-order valence-corrected chi connectivity index (χ4v) is 2.49. The van der Waals surface area contributed by atoms with Gasteiger partial charge in [-0.1, -0.05) is 12.1 Å². The summed E-state index contributed by atoms with van der Waals surface area (Å²) in [7, 11) is 0. The number of fused-ring (bicyclic) bond motifs is 1. The summed E-state index contributed by atoms with van der Waals surface area (Å²) >= 11 is 0. The molecule has 0 aromatic heterocycles. The summed E-state index contributed by atoms with van der Waals surface area (Å²) in [5.41, 5.74) is 1.62. The molecule has 27 heavy (non-hydrogen) atoms. The Hall–Kier alpha value is -3.22. The van der Waals surface area contributed by atoms with Crippen LogP contribution in [0.25, 0.3) is 0 Å². The van der Waals surface area contributed by atoms with E-state index in [1.165, 1.54) is 0 Å². The van der Waals surface area contributed by atoms with Gasteiger partial charge in [-0.2, -0.15) is 0 Å². The molecule has 0 aliphatic carbocycles. The van der Waals surface area contributed by atoms with Crippen molar-refractivity contribution in [3.63, 3.8) is 0 Å². The van der Waals surface area contributed by atoms with Gasteiger partial charge in [0, 0.05) is 11.8 Å². The molecule has 0 atom stereocenters. The van der Waals surface area contributed by atoms with Crippen LogP contribution >= 0.6 is 0 Å². The van der Waals surface area contributed by atoms with Crippen molar-refractivity contribution in [2.24, 2.45) is 0 Å². The smallest absolute Gasteiger partial charge is 0.309 e. The maximum atomic E-state index is 11.9. The van der Waals surface area contributed by atoms with Crippen LogP contribution in [0.15, 0.2) is 42.5 Å². The number of anilines is 1. The molecule has 7 nitrogen and oxygen atoms in total. The van der Waals surface area contributed by atoms with Crippen molar-refractivity contribution < 1.29 is 28.5 Å². The predicted octanol–water partition coefficient (Wildman–Crippen LogP) is 2.72. The number of amides is 1. The number of hydrogen-bond donors (Lipinski definition) is 1. The molecule has 1 N–H and O–H groups in total. The van der Waals surface area contributed by atoms with Gasteiger partial charge in [-0.3, -0.25) is 9.59 Å². The zero-order valence-electron chi connectivity index (χ0n) is 15.0. The van der Waals surface area contributed by atoms with Crippen molar-refractivity contribution in [3.05, 3.63) is 48.0 Å². The van der Waals surface area contributed by atoms with E-state index >= 15 is 0 Å². The first-order valence-corrected chi connectivity index (χ1v) is 8.65. The molecule has 1 amide bonds. The van der Waals surface area contributed by atoms with Gasteiger partial charge in [-0.25, -0.2) is 0 Å². The molecular weight excluding hydrogens is 350 g/mol.